The summed E-state index contributed by atoms with van der Waals surface area (Å²) in [6, 6.07) is 10.8. The lowest BCUT2D eigenvalue weighted by Crippen LogP contribution is -2.47. The van der Waals surface area contributed by atoms with Crippen LogP contribution < -0.4 is 15.3 Å². The molecule has 4 rings (SSSR count). The van der Waals surface area contributed by atoms with E-state index in [4.69, 9.17) is 33.7 Å². The minimum atomic E-state index is -4.47. The predicted molar refractivity (Wildman–Crippen MR) is 183 cm³/mol. The third kappa shape index (κ3) is 8.68. The summed E-state index contributed by atoms with van der Waals surface area (Å²) in [4.78, 5) is 42.8. The fraction of sp³-hybridized carbons (Fsp3) is 0.529. The lowest BCUT2D eigenvalue weighted by atomic mass is 9.92. The van der Waals surface area contributed by atoms with E-state index in [0.29, 0.717) is 5.52 Å². The van der Waals surface area contributed by atoms with E-state index in [2.05, 4.69) is 21.2 Å². The van der Waals surface area contributed by atoms with Gasteiger partial charge in [0.15, 0.2) is 18.0 Å². The third-order valence-electron chi connectivity index (χ3n) is 8.04. The van der Waals surface area contributed by atoms with Gasteiger partial charge in [0.2, 0.25) is 5.60 Å². The minimum Gasteiger partial charge on any atom is -0.465 e. The van der Waals surface area contributed by atoms with Gasteiger partial charge in [-0.3, -0.25) is 18.9 Å². The number of hydrogen-bond donors (Lipinski definition) is 2. The van der Waals surface area contributed by atoms with Crippen molar-refractivity contribution in [3.8, 4) is 11.8 Å². The van der Waals surface area contributed by atoms with Crippen LogP contribution in [-0.2, 0) is 48.0 Å². The first-order valence-corrected chi connectivity index (χ1v) is 18.2. The zero-order chi connectivity index (χ0) is 37.7. The standard InChI is InChI=1S/C34H45N6O10P/c1-9-45-33(43)22(8)39-51(44,50-24-12-10-23(11-13-24)19(2)3)46-16-26-28(47-31(41)20(4)5)29(48-32(42)21(6)7)34(17-35,49-26)27-15-14-25-30(36)37-18-38-40(25)27/h10-15,18-22,26,28-29H,9,16H2,1-8H3,(H,39,44)(H2,36,37,38)/t22-,26+,28+,29+,34-,51?/m0/s1. The fourth-order valence-electron chi connectivity index (χ4n) is 5.21. The molecule has 1 aliphatic rings. The van der Waals surface area contributed by atoms with E-state index < -0.39 is 74.1 Å². The molecule has 51 heavy (non-hydrogen) atoms. The molecule has 3 heterocycles. The third-order valence-corrected chi connectivity index (χ3v) is 9.69. The number of nitriles is 1. The summed E-state index contributed by atoms with van der Waals surface area (Å²) in [6.07, 6.45) is -3.25. The van der Waals surface area contributed by atoms with Crippen LogP contribution in [0.3, 0.4) is 0 Å². The van der Waals surface area contributed by atoms with E-state index >= 15 is 0 Å². The van der Waals surface area contributed by atoms with Crippen LogP contribution in [0.1, 0.15) is 72.6 Å². The van der Waals surface area contributed by atoms with Gasteiger partial charge in [0.25, 0.3) is 0 Å². The molecule has 6 atom stereocenters. The van der Waals surface area contributed by atoms with Crippen molar-refractivity contribution in [1.82, 2.24) is 19.7 Å². The zero-order valence-electron chi connectivity index (χ0n) is 29.9. The van der Waals surface area contributed by atoms with Gasteiger partial charge in [-0.1, -0.05) is 53.7 Å². The smallest absolute Gasteiger partial charge is 0.459 e. The highest BCUT2D eigenvalue weighted by molar-refractivity contribution is 7.52. The van der Waals surface area contributed by atoms with Crippen LogP contribution in [0.2, 0.25) is 0 Å². The second kappa shape index (κ2) is 16.2. The highest BCUT2D eigenvalue weighted by Gasteiger charge is 2.63. The van der Waals surface area contributed by atoms with Gasteiger partial charge in [0.1, 0.15) is 35.8 Å². The number of carbonyl (C=O) groups is 3. The van der Waals surface area contributed by atoms with Crippen LogP contribution in [0, 0.1) is 23.2 Å². The van der Waals surface area contributed by atoms with E-state index in [1.807, 2.05) is 13.8 Å². The first kappa shape index (κ1) is 39.2. The zero-order valence-corrected chi connectivity index (χ0v) is 30.8. The average Bonchev–Trinajstić information content (AvgIpc) is 3.64. The van der Waals surface area contributed by atoms with Crippen molar-refractivity contribution >= 4 is 37.0 Å². The molecule has 3 aromatic rings. The molecule has 0 radical (unpaired) electrons. The largest absolute Gasteiger partial charge is 0.465 e. The SMILES string of the molecule is CCOC(=O)[C@H](C)NP(=O)(OC[C@H]1O[C@@](C#N)(c2ccc3c(N)ncnn23)[C@H](OC(=O)C(C)C)[C@@H]1OC(=O)C(C)C)Oc1ccc(C(C)C)cc1. The molecule has 1 aliphatic heterocycles. The van der Waals surface area contributed by atoms with Crippen LogP contribution in [0.4, 0.5) is 5.82 Å². The number of nitrogen functional groups attached to an aromatic ring is 1. The number of hydrogen-bond acceptors (Lipinski definition) is 14. The number of nitrogens with two attached hydrogens (primary N) is 1. The molecular formula is C34H45N6O10P. The van der Waals surface area contributed by atoms with Gasteiger partial charge in [0.05, 0.1) is 30.7 Å². The lowest BCUT2D eigenvalue weighted by molar-refractivity contribution is -0.173. The summed E-state index contributed by atoms with van der Waals surface area (Å²) in [5.41, 5.74) is 5.33. The molecule has 1 fully saturated rings. The number of aromatic nitrogens is 3. The Kier molecular flexibility index (Phi) is 12.5. The van der Waals surface area contributed by atoms with Crippen molar-refractivity contribution in [2.45, 2.75) is 91.3 Å². The highest BCUT2D eigenvalue weighted by Crippen LogP contribution is 2.49. The number of carbonyl (C=O) groups excluding carboxylic acids is 3. The van der Waals surface area contributed by atoms with E-state index in [-0.39, 0.29) is 29.8 Å². The number of nitrogens with one attached hydrogen (secondary N) is 1. The normalized spacial score (nSPS) is 22.0. The predicted octanol–water partition coefficient (Wildman–Crippen LogP) is 4.43. The minimum absolute atomic E-state index is 0.0735. The molecule has 276 valence electrons. The molecular weight excluding hydrogens is 683 g/mol. The van der Waals surface area contributed by atoms with Crippen molar-refractivity contribution in [3.05, 3.63) is 54.0 Å². The molecule has 0 amide bonds. The van der Waals surface area contributed by atoms with E-state index in [1.165, 1.54) is 23.8 Å². The van der Waals surface area contributed by atoms with Gasteiger partial charge in [-0.05, 0) is 49.6 Å². The van der Waals surface area contributed by atoms with Gasteiger partial charge in [0, 0.05) is 0 Å². The monoisotopic (exact) mass is 728 g/mol. The Hall–Kier alpha value is -4.55. The number of anilines is 1. The molecule has 0 bridgehead atoms. The number of fused-ring (bicyclic) bond motifs is 1. The van der Waals surface area contributed by atoms with Crippen molar-refractivity contribution in [3.63, 3.8) is 0 Å². The second-order valence-electron chi connectivity index (χ2n) is 12.9. The number of rotatable bonds is 15. The number of benzene rings is 1. The lowest BCUT2D eigenvalue weighted by Gasteiger charge is -2.29. The summed E-state index contributed by atoms with van der Waals surface area (Å²) >= 11 is 0. The molecule has 0 spiro atoms. The number of nitrogens with zero attached hydrogens (tertiary/aromatic N) is 4. The molecule has 16 nitrogen and oxygen atoms in total. The Morgan fingerprint density at radius 2 is 1.67 bits per heavy atom. The van der Waals surface area contributed by atoms with Gasteiger partial charge >= 0.3 is 25.7 Å². The van der Waals surface area contributed by atoms with E-state index in [9.17, 15) is 24.2 Å². The summed E-state index contributed by atoms with van der Waals surface area (Å²) in [7, 11) is -4.47. The van der Waals surface area contributed by atoms with Gasteiger partial charge < -0.3 is 29.2 Å². The summed E-state index contributed by atoms with van der Waals surface area (Å²) < 4.78 is 50.8. The Morgan fingerprint density at radius 3 is 2.25 bits per heavy atom. The van der Waals surface area contributed by atoms with Crippen LogP contribution in [-0.4, -0.2) is 70.1 Å². The van der Waals surface area contributed by atoms with Crippen LogP contribution in [0.25, 0.3) is 5.52 Å². The molecule has 0 saturated carbocycles. The molecule has 2 aromatic heterocycles. The maximum absolute atomic E-state index is 14.4. The Morgan fingerprint density at radius 1 is 1.02 bits per heavy atom. The van der Waals surface area contributed by atoms with Crippen molar-refractivity contribution in [2.75, 3.05) is 18.9 Å². The maximum Gasteiger partial charge on any atom is 0.459 e. The topological polar surface area (TPSA) is 216 Å². The Labute approximate surface area is 296 Å². The fourth-order valence-corrected chi connectivity index (χ4v) is 6.71. The van der Waals surface area contributed by atoms with Gasteiger partial charge in [-0.2, -0.15) is 15.4 Å². The summed E-state index contributed by atoms with van der Waals surface area (Å²) in [5.74, 6) is -2.94. The number of ether oxygens (including phenoxy) is 4. The Bertz CT molecular complexity index is 1810. The Balaban J connectivity index is 1.79. The second-order valence-corrected chi connectivity index (χ2v) is 14.6. The van der Waals surface area contributed by atoms with Crippen LogP contribution in [0.5, 0.6) is 5.75 Å². The quantitative estimate of drug-likeness (QED) is 0.126. The van der Waals surface area contributed by atoms with Crippen molar-refractivity contribution in [2.24, 2.45) is 11.8 Å². The highest BCUT2D eigenvalue weighted by atomic mass is 31.2. The van der Waals surface area contributed by atoms with Gasteiger partial charge in [-0.15, -0.1) is 0 Å². The maximum atomic E-state index is 14.4. The van der Waals surface area contributed by atoms with Crippen molar-refractivity contribution in [1.29, 1.82) is 5.26 Å². The average molecular weight is 729 g/mol. The van der Waals surface area contributed by atoms with E-state index in [0.717, 1.165) is 5.56 Å². The first-order chi connectivity index (χ1) is 24.1. The molecule has 1 saturated heterocycles. The summed E-state index contributed by atoms with van der Waals surface area (Å²) in [5, 5.41) is 17.7. The van der Waals surface area contributed by atoms with E-state index in [1.54, 1.807) is 65.0 Å². The van der Waals surface area contributed by atoms with Gasteiger partial charge in [-0.25, -0.2) is 14.1 Å². The molecule has 0 aliphatic carbocycles. The van der Waals surface area contributed by atoms with Crippen molar-refractivity contribution < 1.29 is 46.9 Å². The van der Waals surface area contributed by atoms with Crippen LogP contribution >= 0.6 is 7.75 Å². The van der Waals surface area contributed by atoms with Crippen LogP contribution in [0.15, 0.2) is 42.7 Å². The number of esters is 3. The first-order valence-electron chi connectivity index (χ1n) is 16.6. The summed E-state index contributed by atoms with van der Waals surface area (Å²) in [6.45, 7) is 12.9. The molecule has 1 unspecified atom stereocenters. The molecule has 3 N–H and O–H groups in total. The molecule has 1 aromatic carbocycles. The molecule has 17 heteroatoms.